The van der Waals surface area contributed by atoms with Crippen molar-refractivity contribution < 1.29 is 23.1 Å². The van der Waals surface area contributed by atoms with Crippen molar-refractivity contribution in [2.24, 2.45) is 0 Å². The van der Waals surface area contributed by atoms with Crippen molar-refractivity contribution in [1.29, 1.82) is 0 Å². The van der Waals surface area contributed by atoms with Crippen LogP contribution in [0.5, 0.6) is 5.75 Å². The molecule has 0 bridgehead atoms. The molecule has 0 atom stereocenters. The third kappa shape index (κ3) is 4.42. The largest absolute Gasteiger partial charge is 0.494 e. The van der Waals surface area contributed by atoms with E-state index in [1.807, 2.05) is 0 Å². The molecular formula is C18H23NO5S2. The third-order valence-electron chi connectivity index (χ3n) is 3.80. The van der Waals surface area contributed by atoms with Gasteiger partial charge in [0.05, 0.1) is 16.4 Å². The smallest absolute Gasteiger partial charge is 0.413 e. The highest BCUT2D eigenvalue weighted by Crippen LogP contribution is 2.38. The number of hydrogen-bond acceptors (Lipinski definition) is 5. The molecule has 0 spiro atoms. The maximum atomic E-state index is 13.1. The fourth-order valence-corrected chi connectivity index (χ4v) is 4.79. The maximum absolute atomic E-state index is 13.1. The molecule has 0 fully saturated rings. The van der Waals surface area contributed by atoms with Crippen LogP contribution in [-0.4, -0.2) is 36.0 Å². The van der Waals surface area contributed by atoms with Gasteiger partial charge in [0.2, 0.25) is 9.84 Å². The van der Waals surface area contributed by atoms with Gasteiger partial charge in [0.25, 0.3) is 0 Å². The summed E-state index contributed by atoms with van der Waals surface area (Å²) in [4.78, 5) is 11.7. The quantitative estimate of drug-likeness (QED) is 0.714. The summed E-state index contributed by atoms with van der Waals surface area (Å²) in [7, 11) is -4.01. The van der Waals surface area contributed by atoms with E-state index in [-0.39, 0.29) is 9.92 Å². The molecule has 1 N–H and O–H groups in total. The Balaban J connectivity index is 2.37. The van der Waals surface area contributed by atoms with Gasteiger partial charge in [0.15, 0.2) is 0 Å². The molecular weight excluding hydrogens is 374 g/mol. The summed E-state index contributed by atoms with van der Waals surface area (Å²) in [6.07, 6.45) is 3.47. The third-order valence-corrected chi connectivity index (χ3v) is 6.61. The Morgan fingerprint density at radius 2 is 1.92 bits per heavy atom. The number of rotatable bonds is 6. The molecule has 8 heteroatoms. The Hall–Kier alpha value is -1.93. The molecule has 6 nitrogen and oxygen atoms in total. The van der Waals surface area contributed by atoms with Crippen molar-refractivity contribution >= 4 is 27.7 Å². The highest BCUT2D eigenvalue weighted by atomic mass is 32.2. The van der Waals surface area contributed by atoms with Gasteiger partial charge in [-0.25, -0.2) is 13.2 Å². The molecule has 2 rings (SSSR count). The molecule has 1 aromatic carbocycles. The fourth-order valence-electron chi connectivity index (χ4n) is 2.42. The second-order valence-electron chi connectivity index (χ2n) is 6.19. The minimum atomic E-state index is -4.01. The van der Waals surface area contributed by atoms with Gasteiger partial charge in [-0.2, -0.15) is 0 Å². The molecule has 1 aromatic rings. The highest BCUT2D eigenvalue weighted by Gasteiger charge is 2.40. The Kier molecular flexibility index (Phi) is 6.41. The highest BCUT2D eigenvalue weighted by molar-refractivity contribution is 8.03. The zero-order chi connectivity index (χ0) is 19.4. The van der Waals surface area contributed by atoms with Gasteiger partial charge in [-0.1, -0.05) is 19.4 Å². The molecule has 0 unspecified atom stereocenters. The van der Waals surface area contributed by atoms with E-state index in [0.29, 0.717) is 12.4 Å². The van der Waals surface area contributed by atoms with Crippen LogP contribution >= 0.6 is 11.8 Å². The van der Waals surface area contributed by atoms with E-state index in [9.17, 15) is 18.3 Å². The average molecular weight is 398 g/mol. The van der Waals surface area contributed by atoms with Crippen LogP contribution in [0.15, 0.2) is 51.8 Å². The van der Waals surface area contributed by atoms with Crippen molar-refractivity contribution in [3.05, 3.63) is 46.9 Å². The summed E-state index contributed by atoms with van der Waals surface area (Å²) >= 11 is 1.23. The summed E-state index contributed by atoms with van der Waals surface area (Å²) in [6.45, 7) is 5.95. The van der Waals surface area contributed by atoms with E-state index in [1.165, 1.54) is 30.0 Å². The van der Waals surface area contributed by atoms with Crippen LogP contribution in [0.25, 0.3) is 0 Å². The first-order valence-electron chi connectivity index (χ1n) is 8.26. The first kappa shape index (κ1) is 20.4. The number of carbonyl (C=O) groups is 1. The first-order chi connectivity index (χ1) is 12.2. The molecule has 1 heterocycles. The van der Waals surface area contributed by atoms with E-state index < -0.39 is 20.8 Å². The molecule has 0 saturated heterocycles. The molecule has 0 radical (unpaired) electrons. The monoisotopic (exact) mass is 397 g/mol. The average Bonchev–Trinajstić information content (AvgIpc) is 2.73. The fraction of sp³-hybridized carbons (Fsp3) is 0.389. The minimum absolute atomic E-state index is 0.0222. The predicted molar refractivity (Wildman–Crippen MR) is 103 cm³/mol. The molecule has 0 saturated carbocycles. The lowest BCUT2D eigenvalue weighted by Crippen LogP contribution is -2.45. The summed E-state index contributed by atoms with van der Waals surface area (Å²) in [5, 5.41) is 11.0. The number of hydrogen-bond donors (Lipinski definition) is 1. The van der Waals surface area contributed by atoms with Crippen molar-refractivity contribution in [3.63, 3.8) is 0 Å². The van der Waals surface area contributed by atoms with Crippen molar-refractivity contribution in [2.75, 3.05) is 6.61 Å². The number of allylic oxidation sites excluding steroid dienone is 2. The Labute approximate surface area is 158 Å². The molecule has 1 aliphatic heterocycles. The second-order valence-corrected chi connectivity index (χ2v) is 9.60. The number of nitrogens with zero attached hydrogens (tertiary/aromatic N) is 1. The van der Waals surface area contributed by atoms with E-state index in [0.717, 1.165) is 17.7 Å². The summed E-state index contributed by atoms with van der Waals surface area (Å²) < 4.78 is 31.7. The Bertz CT molecular complexity index is 810. The van der Waals surface area contributed by atoms with E-state index in [2.05, 4.69) is 6.92 Å². The van der Waals surface area contributed by atoms with Crippen LogP contribution in [0.4, 0.5) is 4.79 Å². The summed E-state index contributed by atoms with van der Waals surface area (Å²) in [6, 6.07) is 6.04. The normalized spacial score (nSPS) is 16.7. The second kappa shape index (κ2) is 8.18. The van der Waals surface area contributed by atoms with Gasteiger partial charge < -0.3 is 9.84 Å². The van der Waals surface area contributed by atoms with E-state index in [4.69, 9.17) is 4.74 Å². The van der Waals surface area contributed by atoms with Crippen LogP contribution in [0.2, 0.25) is 0 Å². The zero-order valence-corrected chi connectivity index (χ0v) is 16.6. The lowest BCUT2D eigenvalue weighted by Gasteiger charge is -2.35. The zero-order valence-electron chi connectivity index (χ0n) is 15.0. The van der Waals surface area contributed by atoms with E-state index in [1.54, 1.807) is 37.5 Å². The molecule has 1 aliphatic rings. The van der Waals surface area contributed by atoms with Crippen LogP contribution in [0.3, 0.4) is 0 Å². The van der Waals surface area contributed by atoms with Crippen LogP contribution < -0.4 is 4.74 Å². The number of unbranched alkanes of at least 4 members (excludes halogenated alkanes) is 1. The number of benzene rings is 1. The minimum Gasteiger partial charge on any atom is -0.494 e. The van der Waals surface area contributed by atoms with E-state index >= 15 is 0 Å². The topological polar surface area (TPSA) is 83.9 Å². The standard InChI is InChI=1S/C18H23NO5S2/c1-4-5-12-24-14-8-10-15(11-9-14)26(22,23)16-7-6-13-25-18(2,3)19(16)17(20)21/h6-11,13H,4-5,12H2,1-3H3,(H,20,21). The van der Waals surface area contributed by atoms with Gasteiger partial charge in [0, 0.05) is 0 Å². The molecule has 0 aliphatic carbocycles. The van der Waals surface area contributed by atoms with Gasteiger partial charge in [0.1, 0.15) is 10.8 Å². The molecule has 142 valence electrons. The van der Waals surface area contributed by atoms with Crippen molar-refractivity contribution in [2.45, 2.75) is 43.4 Å². The summed E-state index contributed by atoms with van der Waals surface area (Å²) in [5.74, 6) is 0.582. The number of sulfone groups is 1. The maximum Gasteiger partial charge on any atom is 0.413 e. The number of carboxylic acid groups (broad SMARTS) is 1. The van der Waals surface area contributed by atoms with Gasteiger partial charge in [-0.3, -0.25) is 4.90 Å². The van der Waals surface area contributed by atoms with Gasteiger partial charge >= 0.3 is 6.09 Å². The predicted octanol–water partition coefficient (Wildman–Crippen LogP) is 4.46. The van der Waals surface area contributed by atoms with Gasteiger partial charge in [-0.15, -0.1) is 11.8 Å². The SMILES string of the molecule is CCCCOc1ccc(S(=O)(=O)C2=CC=CSC(C)(C)N2C(=O)O)cc1. The number of ether oxygens (including phenoxy) is 1. The first-order valence-corrected chi connectivity index (χ1v) is 10.6. The van der Waals surface area contributed by atoms with Crippen LogP contribution in [-0.2, 0) is 9.84 Å². The summed E-state index contributed by atoms with van der Waals surface area (Å²) in [5.41, 5.74) is 0. The van der Waals surface area contributed by atoms with Crippen molar-refractivity contribution in [3.8, 4) is 5.75 Å². The molecule has 1 amide bonds. The Morgan fingerprint density at radius 1 is 1.27 bits per heavy atom. The molecule has 0 aromatic heterocycles. The Morgan fingerprint density at radius 3 is 2.50 bits per heavy atom. The number of amides is 1. The molecule has 26 heavy (non-hydrogen) atoms. The number of thioether (sulfide) groups is 1. The van der Waals surface area contributed by atoms with Crippen LogP contribution in [0.1, 0.15) is 33.6 Å². The van der Waals surface area contributed by atoms with Crippen molar-refractivity contribution in [1.82, 2.24) is 4.90 Å². The van der Waals surface area contributed by atoms with Crippen LogP contribution in [0, 0.1) is 0 Å². The van der Waals surface area contributed by atoms with Gasteiger partial charge in [-0.05, 0) is 56.0 Å². The lowest BCUT2D eigenvalue weighted by atomic mass is 10.3. The lowest BCUT2D eigenvalue weighted by molar-refractivity contribution is 0.145.